The Morgan fingerprint density at radius 3 is 0.943 bits per heavy atom. The van der Waals surface area contributed by atoms with Gasteiger partial charge in [0.15, 0.2) is 0 Å². The second-order valence-electron chi connectivity index (χ2n) is 8.30. The Labute approximate surface area is 219 Å². The first-order valence-electron chi connectivity index (χ1n) is 11.7. The van der Waals surface area contributed by atoms with Crippen molar-refractivity contribution in [2.24, 2.45) is 20.0 Å². The van der Waals surface area contributed by atoms with Crippen LogP contribution in [0.1, 0.15) is 55.4 Å². The fourth-order valence-electron chi connectivity index (χ4n) is 3.26. The lowest BCUT2D eigenvalue weighted by Crippen LogP contribution is -2.37. The summed E-state index contributed by atoms with van der Waals surface area (Å²) in [7, 11) is 0. The third-order valence-corrected chi connectivity index (χ3v) is 8.68. The molecule has 0 bridgehead atoms. The lowest BCUT2D eigenvalue weighted by Gasteiger charge is -2.21. The molecule has 0 aromatic rings. The summed E-state index contributed by atoms with van der Waals surface area (Å²) >= 11 is -5.54. The minimum Gasteiger partial charge on any atom is -0.592 e. The van der Waals surface area contributed by atoms with Crippen molar-refractivity contribution in [2.75, 3.05) is 26.2 Å². The van der Waals surface area contributed by atoms with Gasteiger partial charge in [-0.05, 0) is 79.7 Å². The zero-order valence-electron chi connectivity index (χ0n) is 22.1. The van der Waals surface area contributed by atoms with Crippen LogP contribution in [0.3, 0.4) is 0 Å². The van der Waals surface area contributed by atoms with Crippen LogP contribution in [0.2, 0.25) is 0 Å². The topological polar surface area (TPSA) is 95.6 Å². The molecule has 35 heavy (non-hydrogen) atoms. The van der Waals surface area contributed by atoms with Gasteiger partial charge in [-0.1, -0.05) is 0 Å². The first-order chi connectivity index (χ1) is 16.6. The molecule has 0 unspecified atom stereocenters. The van der Waals surface area contributed by atoms with Crippen molar-refractivity contribution >= 4 is 53.1 Å². The molecule has 188 valence electrons. The van der Waals surface area contributed by atoms with Gasteiger partial charge in [0.2, 0.25) is 0 Å². The van der Waals surface area contributed by atoms with Crippen LogP contribution in [0.4, 0.5) is 0 Å². The Balaban J connectivity index is 2.36. The Hall–Kier alpha value is -2.14. The number of rotatable bonds is 2. The third-order valence-electron chi connectivity index (χ3n) is 4.64. The van der Waals surface area contributed by atoms with Gasteiger partial charge in [-0.3, -0.25) is 20.0 Å². The van der Waals surface area contributed by atoms with E-state index in [0.29, 0.717) is 49.2 Å². The first kappa shape index (κ1) is 29.1. The van der Waals surface area contributed by atoms with E-state index in [1.807, 2.05) is 79.7 Å². The van der Waals surface area contributed by atoms with Crippen molar-refractivity contribution in [3.63, 3.8) is 0 Å². The number of hydrogen-bond donors (Lipinski definition) is 0. The molecule has 2 heterocycles. The van der Waals surface area contributed by atoms with Gasteiger partial charge in [0.25, 0.3) is 0 Å². The molecular formula is C24H36Al2N4O5. The molecule has 0 spiro atoms. The fourth-order valence-corrected chi connectivity index (χ4v) is 6.46. The van der Waals surface area contributed by atoms with Crippen LogP contribution in [0.15, 0.2) is 67.3 Å². The second-order valence-corrected chi connectivity index (χ2v) is 11.5. The van der Waals surface area contributed by atoms with Crippen LogP contribution < -0.4 is 0 Å². The molecule has 0 aromatic heterocycles. The van der Waals surface area contributed by atoms with Crippen molar-refractivity contribution < 1.29 is 18.0 Å². The molecular weight excluding hydrogens is 478 g/mol. The molecule has 0 N–H and O–H groups in total. The molecule has 0 amide bonds. The highest BCUT2D eigenvalue weighted by molar-refractivity contribution is 6.52. The average molecular weight is 515 g/mol. The number of aliphatic imine (C=N–C) groups is 4. The molecule has 2 aliphatic rings. The lowest BCUT2D eigenvalue weighted by molar-refractivity contribution is 0.151. The normalized spacial score (nSPS) is 25.5. The fraction of sp³-hybridized carbons (Fsp3) is 0.500. The standard InChI is InChI=1S/2C12H20N2O2.2Al.O/c2*1-9(7-11(3)15)13-5-6-14-10(2)8-12(4)16;;;/h2*7-8,15-16H,5-6H2,1-4H3;;;/q;;2*+2;/p-4/b2*11-7-,12-8-,13-9?,14-10?;;;. The highest BCUT2D eigenvalue weighted by atomic mass is 27.3. The average Bonchev–Trinajstić information content (AvgIpc) is 2.73. The SMILES string of the molecule is CC1=NCCN=C(C)/C=C(/C)[O][Al]([O][Al]2[O]/C(C)=C\C(C)=NCCN=C(C)/C=C(/C)[O]2)[O]/C(C)=C\1. The summed E-state index contributed by atoms with van der Waals surface area (Å²) in [5, 5.41) is 0. The van der Waals surface area contributed by atoms with Gasteiger partial charge in [-0.15, -0.1) is 0 Å². The van der Waals surface area contributed by atoms with E-state index < -0.39 is 30.3 Å². The highest BCUT2D eigenvalue weighted by Crippen LogP contribution is 2.14. The van der Waals surface area contributed by atoms with E-state index in [4.69, 9.17) is 18.0 Å². The molecule has 0 aromatic carbocycles. The molecule has 9 nitrogen and oxygen atoms in total. The molecule has 2 aliphatic heterocycles. The van der Waals surface area contributed by atoms with Crippen LogP contribution in [0, 0.1) is 0 Å². The maximum atomic E-state index is 6.29. The second kappa shape index (κ2) is 15.1. The number of allylic oxidation sites excluding steroid dienone is 8. The third kappa shape index (κ3) is 12.4. The predicted octanol–water partition coefficient (Wildman–Crippen LogP) is 4.53. The zero-order chi connectivity index (χ0) is 25.8. The van der Waals surface area contributed by atoms with Crippen LogP contribution in [0.5, 0.6) is 0 Å². The van der Waals surface area contributed by atoms with E-state index >= 15 is 0 Å². The van der Waals surface area contributed by atoms with Crippen molar-refractivity contribution in [1.29, 1.82) is 0 Å². The van der Waals surface area contributed by atoms with Crippen LogP contribution >= 0.6 is 0 Å². The van der Waals surface area contributed by atoms with Crippen molar-refractivity contribution in [3.05, 3.63) is 47.3 Å². The summed E-state index contributed by atoms with van der Waals surface area (Å²) in [5.41, 5.74) is 3.39. The highest BCUT2D eigenvalue weighted by Gasteiger charge is 2.53. The quantitative estimate of drug-likeness (QED) is 0.505. The number of hydrogen-bond acceptors (Lipinski definition) is 9. The molecule has 0 aliphatic carbocycles. The zero-order valence-corrected chi connectivity index (χ0v) is 24.4. The van der Waals surface area contributed by atoms with E-state index in [1.54, 1.807) is 0 Å². The number of nitrogens with zero attached hydrogens (tertiary/aromatic N) is 4. The first-order valence-corrected chi connectivity index (χ1v) is 14.5. The largest absolute Gasteiger partial charge is 1.07 e. The van der Waals surface area contributed by atoms with E-state index in [9.17, 15) is 0 Å². The van der Waals surface area contributed by atoms with Gasteiger partial charge in [-0.2, -0.15) is 0 Å². The van der Waals surface area contributed by atoms with Crippen molar-refractivity contribution in [3.8, 4) is 0 Å². The molecule has 0 saturated heterocycles. The van der Waals surface area contributed by atoms with Crippen molar-refractivity contribution in [1.82, 2.24) is 0 Å². The maximum Gasteiger partial charge on any atom is 1.07 e. The summed E-state index contributed by atoms with van der Waals surface area (Å²) < 4.78 is 30.8. The van der Waals surface area contributed by atoms with Gasteiger partial charge < -0.3 is 18.0 Å². The minimum absolute atomic E-state index is 0.609. The predicted molar refractivity (Wildman–Crippen MR) is 144 cm³/mol. The molecule has 0 radical (unpaired) electrons. The van der Waals surface area contributed by atoms with Crippen LogP contribution in [-0.4, -0.2) is 79.3 Å². The molecule has 0 fully saturated rings. The van der Waals surface area contributed by atoms with Gasteiger partial charge >= 0.3 is 30.3 Å². The van der Waals surface area contributed by atoms with E-state index in [2.05, 4.69) is 20.0 Å². The molecule has 11 heteroatoms. The Kier molecular flexibility index (Phi) is 12.5. The van der Waals surface area contributed by atoms with Crippen LogP contribution in [0.25, 0.3) is 0 Å². The molecule has 0 atom stereocenters. The van der Waals surface area contributed by atoms with Gasteiger partial charge in [0.1, 0.15) is 0 Å². The maximum absolute atomic E-state index is 6.29. The molecule has 2 rings (SSSR count). The summed E-state index contributed by atoms with van der Waals surface area (Å²) in [4.78, 5) is 18.1. The summed E-state index contributed by atoms with van der Waals surface area (Å²) in [5.74, 6) is 2.60. The van der Waals surface area contributed by atoms with Gasteiger partial charge in [0.05, 0.1) is 49.2 Å². The van der Waals surface area contributed by atoms with E-state index in [-0.39, 0.29) is 0 Å². The Bertz CT molecular complexity index is 842. The van der Waals surface area contributed by atoms with E-state index in [1.165, 1.54) is 0 Å². The van der Waals surface area contributed by atoms with Gasteiger partial charge in [-0.25, -0.2) is 0 Å². The summed E-state index contributed by atoms with van der Waals surface area (Å²) in [6, 6.07) is 0. The Morgan fingerprint density at radius 1 is 0.486 bits per heavy atom. The van der Waals surface area contributed by atoms with E-state index in [0.717, 1.165) is 22.8 Å². The van der Waals surface area contributed by atoms with Crippen LogP contribution in [-0.2, 0) is 18.0 Å². The summed E-state index contributed by atoms with van der Waals surface area (Å²) in [6.07, 6.45) is 7.46. The smallest absolute Gasteiger partial charge is 0.592 e. The lowest BCUT2D eigenvalue weighted by atomic mass is 10.3. The monoisotopic (exact) mass is 514 g/mol. The Morgan fingerprint density at radius 2 is 0.714 bits per heavy atom. The molecule has 0 saturated carbocycles. The summed E-state index contributed by atoms with van der Waals surface area (Å²) in [6.45, 7) is 17.6. The minimum atomic E-state index is -2.77. The van der Waals surface area contributed by atoms with Gasteiger partial charge in [0, 0.05) is 22.8 Å². The van der Waals surface area contributed by atoms with Crippen molar-refractivity contribution in [2.45, 2.75) is 55.4 Å².